The monoisotopic (exact) mass is 418 g/mol. The highest BCUT2D eigenvalue weighted by atomic mass is 16.6. The minimum Gasteiger partial charge on any atom is -0.444 e. The van der Waals surface area contributed by atoms with Gasteiger partial charge in [0, 0.05) is 26.2 Å². The third-order valence-electron chi connectivity index (χ3n) is 6.07. The second-order valence-electron chi connectivity index (χ2n) is 9.76. The van der Waals surface area contributed by atoms with E-state index in [1.807, 2.05) is 25.7 Å². The van der Waals surface area contributed by atoms with Crippen molar-refractivity contribution in [2.45, 2.75) is 45.3 Å². The Bertz CT molecular complexity index is 846. The fourth-order valence-electron chi connectivity index (χ4n) is 4.56. The van der Waals surface area contributed by atoms with E-state index in [1.54, 1.807) is 0 Å². The molecule has 2 aromatic carbocycles. The average molecular weight is 419 g/mol. The van der Waals surface area contributed by atoms with E-state index < -0.39 is 5.60 Å². The second-order valence-corrected chi connectivity index (χ2v) is 9.76. The van der Waals surface area contributed by atoms with Gasteiger partial charge in [-0.15, -0.1) is 0 Å². The normalized spacial score (nSPS) is 18.1. The summed E-state index contributed by atoms with van der Waals surface area (Å²) in [4.78, 5) is 16.7. The molecule has 0 radical (unpaired) electrons. The molecular weight excluding hydrogens is 384 g/mol. The molecule has 0 saturated carbocycles. The van der Waals surface area contributed by atoms with Gasteiger partial charge in [-0.2, -0.15) is 0 Å². The van der Waals surface area contributed by atoms with Gasteiger partial charge in [0.25, 0.3) is 0 Å². The van der Waals surface area contributed by atoms with Crippen molar-refractivity contribution in [3.63, 3.8) is 0 Å². The molecule has 0 N–H and O–H groups in total. The Morgan fingerprint density at radius 3 is 1.94 bits per heavy atom. The summed E-state index contributed by atoms with van der Waals surface area (Å²) in [6, 6.07) is 21.9. The van der Waals surface area contributed by atoms with Gasteiger partial charge in [0.1, 0.15) is 5.60 Å². The van der Waals surface area contributed by atoms with Crippen LogP contribution >= 0.6 is 0 Å². The zero-order valence-electron chi connectivity index (χ0n) is 19.0. The first-order chi connectivity index (χ1) is 14.9. The molecule has 1 amide bonds. The third-order valence-corrected chi connectivity index (χ3v) is 6.07. The topological polar surface area (TPSA) is 32.8 Å². The molecule has 0 unspecified atom stereocenters. The summed E-state index contributed by atoms with van der Waals surface area (Å²) in [5.74, 6) is 0.558. The van der Waals surface area contributed by atoms with Gasteiger partial charge in [0.05, 0.1) is 6.04 Å². The van der Waals surface area contributed by atoms with Crippen LogP contribution in [0.4, 0.5) is 4.79 Å². The second kappa shape index (κ2) is 9.27. The first-order valence-corrected chi connectivity index (χ1v) is 11.4. The van der Waals surface area contributed by atoms with Crippen LogP contribution in [0, 0.1) is 5.92 Å². The maximum Gasteiger partial charge on any atom is 0.410 e. The highest BCUT2D eigenvalue weighted by molar-refractivity contribution is 5.68. The number of likely N-dealkylation sites (tertiary alicyclic amines) is 2. The van der Waals surface area contributed by atoms with Crippen LogP contribution < -0.4 is 0 Å². The minimum absolute atomic E-state index is 0.179. The molecule has 164 valence electrons. The molecule has 31 heavy (non-hydrogen) atoms. The van der Waals surface area contributed by atoms with E-state index >= 15 is 0 Å². The number of carbonyl (C=O) groups excluding carboxylic acids is 1. The van der Waals surface area contributed by atoms with Crippen LogP contribution in [0.3, 0.4) is 0 Å². The molecule has 4 nitrogen and oxygen atoms in total. The zero-order valence-corrected chi connectivity index (χ0v) is 19.0. The van der Waals surface area contributed by atoms with Gasteiger partial charge in [0.15, 0.2) is 0 Å². The largest absolute Gasteiger partial charge is 0.444 e. The first kappa shape index (κ1) is 21.6. The Morgan fingerprint density at radius 2 is 1.45 bits per heavy atom. The van der Waals surface area contributed by atoms with Gasteiger partial charge in [-0.3, -0.25) is 4.90 Å². The summed E-state index contributed by atoms with van der Waals surface area (Å²) >= 11 is 0. The van der Waals surface area contributed by atoms with Gasteiger partial charge < -0.3 is 9.64 Å². The van der Waals surface area contributed by atoms with Gasteiger partial charge in [0.2, 0.25) is 0 Å². The van der Waals surface area contributed by atoms with Crippen molar-refractivity contribution in [3.05, 3.63) is 83.4 Å². The minimum atomic E-state index is -0.431. The van der Waals surface area contributed by atoms with Gasteiger partial charge in [-0.1, -0.05) is 66.7 Å². The number of piperidine rings is 1. The van der Waals surface area contributed by atoms with Gasteiger partial charge in [-0.05, 0) is 56.2 Å². The van der Waals surface area contributed by atoms with Gasteiger partial charge >= 0.3 is 6.09 Å². The lowest BCUT2D eigenvalue weighted by Gasteiger charge is -2.42. The number of allylic oxidation sites excluding steroid dienone is 1. The predicted octanol–water partition coefficient (Wildman–Crippen LogP) is 5.67. The fourth-order valence-corrected chi connectivity index (χ4v) is 4.56. The van der Waals surface area contributed by atoms with E-state index in [1.165, 1.54) is 16.7 Å². The van der Waals surface area contributed by atoms with Crippen LogP contribution in [-0.2, 0) is 4.74 Å². The Hall–Kier alpha value is -2.59. The fraction of sp³-hybridized carbons (Fsp3) is 0.444. The van der Waals surface area contributed by atoms with Crippen molar-refractivity contribution in [1.29, 1.82) is 0 Å². The van der Waals surface area contributed by atoms with Crippen molar-refractivity contribution < 1.29 is 9.53 Å². The number of ether oxygens (including phenoxy) is 1. The summed E-state index contributed by atoms with van der Waals surface area (Å²) in [5, 5.41) is 0. The lowest BCUT2D eigenvalue weighted by Crippen LogP contribution is -2.44. The molecule has 2 aromatic rings. The number of carbonyl (C=O) groups is 1. The van der Waals surface area contributed by atoms with E-state index in [-0.39, 0.29) is 6.09 Å². The summed E-state index contributed by atoms with van der Waals surface area (Å²) in [6.07, 6.45) is 4.32. The number of amides is 1. The smallest absolute Gasteiger partial charge is 0.410 e. The quantitative estimate of drug-likeness (QED) is 0.600. The van der Waals surface area contributed by atoms with Crippen LogP contribution in [0.2, 0.25) is 0 Å². The molecule has 0 spiro atoms. The van der Waals surface area contributed by atoms with Crippen LogP contribution in [-0.4, -0.2) is 47.7 Å². The van der Waals surface area contributed by atoms with Crippen LogP contribution in [0.1, 0.15) is 50.8 Å². The number of nitrogens with zero attached hydrogens (tertiary/aromatic N) is 2. The number of rotatable bonds is 4. The third kappa shape index (κ3) is 5.56. The Morgan fingerprint density at radius 1 is 0.935 bits per heavy atom. The van der Waals surface area contributed by atoms with Crippen molar-refractivity contribution in [1.82, 2.24) is 9.80 Å². The Labute approximate surface area is 186 Å². The average Bonchev–Trinajstić information content (AvgIpc) is 2.73. The molecule has 4 heteroatoms. The van der Waals surface area contributed by atoms with E-state index in [4.69, 9.17) is 4.74 Å². The summed E-state index contributed by atoms with van der Waals surface area (Å²) < 4.78 is 5.52. The van der Waals surface area contributed by atoms with Crippen molar-refractivity contribution in [2.75, 3.05) is 26.2 Å². The highest BCUT2D eigenvalue weighted by Gasteiger charge is 2.31. The summed E-state index contributed by atoms with van der Waals surface area (Å²) in [7, 11) is 0. The molecule has 2 saturated heterocycles. The highest BCUT2D eigenvalue weighted by Crippen LogP contribution is 2.35. The van der Waals surface area contributed by atoms with Crippen LogP contribution in [0.15, 0.2) is 72.3 Å². The molecule has 0 atom stereocenters. The lowest BCUT2D eigenvalue weighted by molar-refractivity contribution is 0.0197. The Kier molecular flexibility index (Phi) is 6.47. The maximum atomic E-state index is 12.3. The van der Waals surface area contributed by atoms with Crippen molar-refractivity contribution in [2.24, 2.45) is 5.92 Å². The molecule has 2 fully saturated rings. The van der Waals surface area contributed by atoms with E-state index in [0.717, 1.165) is 39.0 Å². The first-order valence-electron chi connectivity index (χ1n) is 11.4. The lowest BCUT2D eigenvalue weighted by atomic mass is 9.89. The molecule has 0 aromatic heterocycles. The number of hydrogen-bond donors (Lipinski definition) is 0. The zero-order chi connectivity index (χ0) is 21.8. The molecule has 0 bridgehead atoms. The molecule has 2 aliphatic rings. The van der Waals surface area contributed by atoms with Crippen LogP contribution in [0.5, 0.6) is 0 Å². The molecule has 2 heterocycles. The number of benzene rings is 2. The van der Waals surface area contributed by atoms with E-state index in [0.29, 0.717) is 12.0 Å². The molecule has 0 aliphatic carbocycles. The number of hydrogen-bond acceptors (Lipinski definition) is 3. The summed E-state index contributed by atoms with van der Waals surface area (Å²) in [6.45, 7) is 9.35. The Balaban J connectivity index is 1.34. The van der Waals surface area contributed by atoms with E-state index in [9.17, 15) is 4.79 Å². The molecular formula is C27H34N2O2. The predicted molar refractivity (Wildman–Crippen MR) is 125 cm³/mol. The van der Waals surface area contributed by atoms with E-state index in [2.05, 4.69) is 71.6 Å². The van der Waals surface area contributed by atoms with Crippen LogP contribution in [0.25, 0.3) is 0 Å². The van der Waals surface area contributed by atoms with Crippen molar-refractivity contribution in [3.8, 4) is 0 Å². The maximum absolute atomic E-state index is 12.3. The SMILES string of the molecule is CC(C)(C)OC(=O)N1CCC(C=C2CN(C(c3ccccc3)c3ccccc3)C2)CC1. The standard InChI is InChI=1S/C27H34N2O2/c1-27(2,3)31-26(30)28-16-14-21(15-17-28)18-22-19-29(20-22)25(23-10-6-4-7-11-23)24-12-8-5-9-13-24/h4-13,18,21,25H,14-17,19-20H2,1-3H3. The molecule has 4 rings (SSSR count). The van der Waals surface area contributed by atoms with Crippen molar-refractivity contribution >= 4 is 6.09 Å². The summed E-state index contributed by atoms with van der Waals surface area (Å²) in [5.41, 5.74) is 3.78. The molecule has 2 aliphatic heterocycles. The van der Waals surface area contributed by atoms with Gasteiger partial charge in [-0.25, -0.2) is 4.79 Å².